The summed E-state index contributed by atoms with van der Waals surface area (Å²) in [5.74, 6) is 0.0815. The number of likely N-dealkylation sites (tertiary alicyclic amines) is 2. The quantitative estimate of drug-likeness (QED) is 0.883. The Bertz CT molecular complexity index is 686. The molecule has 0 atom stereocenters. The van der Waals surface area contributed by atoms with Gasteiger partial charge >= 0.3 is 6.03 Å². The lowest BCUT2D eigenvalue weighted by Gasteiger charge is -2.37. The second-order valence-electron chi connectivity index (χ2n) is 6.83. The number of hydrogen-bond acceptors (Lipinski definition) is 4. The van der Waals surface area contributed by atoms with Crippen molar-refractivity contribution in [2.45, 2.75) is 45.1 Å². The van der Waals surface area contributed by atoms with E-state index >= 15 is 0 Å². The molecule has 0 spiro atoms. The number of carbonyl (C=O) groups is 2. The van der Waals surface area contributed by atoms with Gasteiger partial charge in [-0.1, -0.05) is 0 Å². The van der Waals surface area contributed by atoms with Crippen LogP contribution in [-0.4, -0.2) is 54.0 Å². The molecule has 2 aliphatic heterocycles. The first-order valence-corrected chi connectivity index (χ1v) is 8.99. The summed E-state index contributed by atoms with van der Waals surface area (Å²) in [6, 6.07) is 2.66. The van der Waals surface area contributed by atoms with Gasteiger partial charge < -0.3 is 19.5 Å². The summed E-state index contributed by atoms with van der Waals surface area (Å²) in [5, 5.41) is 2.91. The van der Waals surface area contributed by atoms with Gasteiger partial charge in [-0.05, 0) is 39.0 Å². The summed E-state index contributed by atoms with van der Waals surface area (Å²) in [6.45, 7) is 4.61. The molecule has 1 aromatic rings. The molecule has 2 saturated heterocycles. The number of urea groups is 1. The maximum absolute atomic E-state index is 12.5. The first-order valence-electron chi connectivity index (χ1n) is 8.99. The number of amides is 3. The molecule has 0 aromatic carbocycles. The lowest BCUT2D eigenvalue weighted by Crippen LogP contribution is -2.51. The monoisotopic (exact) mass is 347 g/mol. The van der Waals surface area contributed by atoms with Crippen molar-refractivity contribution in [1.82, 2.24) is 15.1 Å². The van der Waals surface area contributed by atoms with E-state index in [0.29, 0.717) is 31.7 Å². The van der Waals surface area contributed by atoms with Crippen LogP contribution < -0.4 is 10.7 Å². The number of nitrogens with one attached hydrogen (secondary N) is 1. The van der Waals surface area contributed by atoms with Crippen LogP contribution in [0.1, 0.15) is 48.4 Å². The number of aryl methyl sites for hydroxylation is 1. The van der Waals surface area contributed by atoms with Crippen molar-refractivity contribution >= 4 is 11.9 Å². The average Bonchev–Trinajstić information content (AvgIpc) is 2.61. The van der Waals surface area contributed by atoms with E-state index in [0.717, 1.165) is 25.9 Å². The predicted octanol–water partition coefficient (Wildman–Crippen LogP) is 1.75. The Morgan fingerprint density at radius 1 is 1.04 bits per heavy atom. The SMILES string of the molecule is Cc1cc(=O)cc(C(=O)NC2CCN(C(=O)N3CCCCC3)CC2)o1. The van der Waals surface area contributed by atoms with Gasteiger partial charge in [-0.15, -0.1) is 0 Å². The van der Waals surface area contributed by atoms with Gasteiger partial charge in [-0.3, -0.25) is 9.59 Å². The second kappa shape index (κ2) is 7.72. The Hall–Kier alpha value is -2.31. The van der Waals surface area contributed by atoms with Crippen molar-refractivity contribution in [2.24, 2.45) is 0 Å². The first-order chi connectivity index (χ1) is 12.0. The van der Waals surface area contributed by atoms with Gasteiger partial charge in [0.2, 0.25) is 0 Å². The largest absolute Gasteiger partial charge is 0.456 e. The van der Waals surface area contributed by atoms with Gasteiger partial charge in [0, 0.05) is 44.4 Å². The normalized spacial score (nSPS) is 18.9. The van der Waals surface area contributed by atoms with Crippen molar-refractivity contribution in [3.8, 4) is 0 Å². The molecule has 0 saturated carbocycles. The van der Waals surface area contributed by atoms with Gasteiger partial charge in [0.1, 0.15) is 5.76 Å². The molecule has 2 fully saturated rings. The van der Waals surface area contributed by atoms with E-state index in [1.807, 2.05) is 9.80 Å². The number of carbonyl (C=O) groups excluding carboxylic acids is 2. The molecule has 2 aliphatic rings. The summed E-state index contributed by atoms with van der Waals surface area (Å²) >= 11 is 0. The third-order valence-corrected chi connectivity index (χ3v) is 4.84. The summed E-state index contributed by atoms with van der Waals surface area (Å²) in [4.78, 5) is 40.0. The summed E-state index contributed by atoms with van der Waals surface area (Å²) in [6.07, 6.45) is 4.79. The van der Waals surface area contributed by atoms with E-state index in [9.17, 15) is 14.4 Å². The first kappa shape index (κ1) is 17.5. The van der Waals surface area contributed by atoms with Crippen molar-refractivity contribution in [3.63, 3.8) is 0 Å². The molecule has 1 aromatic heterocycles. The number of rotatable bonds is 2. The standard InChI is InChI=1S/C18H25N3O4/c1-13-11-15(22)12-16(25-13)17(23)19-14-5-9-21(10-6-14)18(24)20-7-3-2-4-8-20/h11-12,14H,2-10H2,1H3,(H,19,23). The fourth-order valence-electron chi connectivity index (χ4n) is 3.47. The Morgan fingerprint density at radius 3 is 2.32 bits per heavy atom. The highest BCUT2D eigenvalue weighted by Gasteiger charge is 2.28. The highest BCUT2D eigenvalue weighted by molar-refractivity contribution is 5.91. The van der Waals surface area contributed by atoms with Crippen LogP contribution in [0.4, 0.5) is 4.79 Å². The zero-order valence-electron chi connectivity index (χ0n) is 14.6. The molecule has 3 rings (SSSR count). The highest BCUT2D eigenvalue weighted by Crippen LogP contribution is 2.16. The molecule has 0 aliphatic carbocycles. The van der Waals surface area contributed by atoms with Gasteiger partial charge in [0.15, 0.2) is 11.2 Å². The maximum Gasteiger partial charge on any atom is 0.319 e. The van der Waals surface area contributed by atoms with E-state index in [1.54, 1.807) is 6.92 Å². The summed E-state index contributed by atoms with van der Waals surface area (Å²) < 4.78 is 5.32. The van der Waals surface area contributed by atoms with Crippen molar-refractivity contribution < 1.29 is 14.0 Å². The number of hydrogen-bond donors (Lipinski definition) is 1. The molecule has 0 radical (unpaired) electrons. The topological polar surface area (TPSA) is 82.9 Å². The van der Waals surface area contributed by atoms with Crippen molar-refractivity contribution in [2.75, 3.05) is 26.2 Å². The van der Waals surface area contributed by atoms with Gasteiger partial charge in [-0.2, -0.15) is 0 Å². The van der Waals surface area contributed by atoms with Crippen LogP contribution in [0.25, 0.3) is 0 Å². The lowest BCUT2D eigenvalue weighted by molar-refractivity contribution is 0.0876. The van der Waals surface area contributed by atoms with Crippen LogP contribution in [0.3, 0.4) is 0 Å². The van der Waals surface area contributed by atoms with Crippen LogP contribution in [0.2, 0.25) is 0 Å². The molecule has 7 heteroatoms. The molecular weight excluding hydrogens is 322 g/mol. The fraction of sp³-hybridized carbons (Fsp3) is 0.611. The highest BCUT2D eigenvalue weighted by atomic mass is 16.3. The molecule has 0 unspecified atom stereocenters. The molecule has 25 heavy (non-hydrogen) atoms. The minimum atomic E-state index is -0.374. The Morgan fingerprint density at radius 2 is 1.68 bits per heavy atom. The van der Waals surface area contributed by atoms with E-state index in [1.165, 1.54) is 18.6 Å². The third kappa shape index (κ3) is 4.41. The Labute approximate surface area is 147 Å². The van der Waals surface area contributed by atoms with Crippen LogP contribution in [0.15, 0.2) is 21.3 Å². The van der Waals surface area contributed by atoms with Crippen LogP contribution in [0.5, 0.6) is 0 Å². The number of nitrogens with zero attached hydrogens (tertiary/aromatic N) is 2. The lowest BCUT2D eigenvalue weighted by atomic mass is 10.0. The molecule has 1 N–H and O–H groups in total. The zero-order chi connectivity index (χ0) is 17.8. The van der Waals surface area contributed by atoms with Crippen LogP contribution >= 0.6 is 0 Å². The van der Waals surface area contributed by atoms with E-state index in [4.69, 9.17) is 4.42 Å². The molecule has 3 amide bonds. The Balaban J connectivity index is 1.51. The molecule has 136 valence electrons. The third-order valence-electron chi connectivity index (χ3n) is 4.84. The molecule has 0 bridgehead atoms. The second-order valence-corrected chi connectivity index (χ2v) is 6.83. The molecular formula is C18H25N3O4. The average molecular weight is 347 g/mol. The fourth-order valence-corrected chi connectivity index (χ4v) is 3.47. The van der Waals surface area contributed by atoms with E-state index < -0.39 is 0 Å². The zero-order valence-corrected chi connectivity index (χ0v) is 14.6. The van der Waals surface area contributed by atoms with E-state index in [2.05, 4.69) is 5.32 Å². The molecule has 3 heterocycles. The summed E-state index contributed by atoms with van der Waals surface area (Å²) in [7, 11) is 0. The van der Waals surface area contributed by atoms with Crippen molar-refractivity contribution in [3.05, 3.63) is 33.9 Å². The van der Waals surface area contributed by atoms with Gasteiger partial charge in [0.25, 0.3) is 5.91 Å². The van der Waals surface area contributed by atoms with Gasteiger partial charge in [-0.25, -0.2) is 4.79 Å². The minimum absolute atomic E-state index is 0.0104. The van der Waals surface area contributed by atoms with Gasteiger partial charge in [0.05, 0.1) is 0 Å². The Kier molecular flexibility index (Phi) is 5.40. The van der Waals surface area contributed by atoms with Crippen LogP contribution in [-0.2, 0) is 0 Å². The van der Waals surface area contributed by atoms with Crippen LogP contribution in [0, 0.1) is 6.92 Å². The van der Waals surface area contributed by atoms with E-state index in [-0.39, 0.29) is 29.2 Å². The summed E-state index contributed by atoms with van der Waals surface area (Å²) in [5.41, 5.74) is -0.240. The number of piperidine rings is 2. The van der Waals surface area contributed by atoms with Crippen molar-refractivity contribution in [1.29, 1.82) is 0 Å². The smallest absolute Gasteiger partial charge is 0.319 e. The minimum Gasteiger partial charge on any atom is -0.456 e. The molecule has 7 nitrogen and oxygen atoms in total. The predicted molar refractivity (Wildman–Crippen MR) is 92.6 cm³/mol. The maximum atomic E-state index is 12.5.